The molecule has 1 aromatic heterocycles. The standard InChI is InChI=1S/C31H42N4O6S/c1-5-6-7-10-26-21-29(32-19-8-9-20-42(4,38)39)30(35(36)37)31(33-26)34(22-24-11-15-27(40-2)16-12-24)23-25-13-17-28(41-3)18-14-25/h11-18,21H,5-10,19-20,22-23H2,1-4H3,(H,32,33). The molecule has 0 fully saturated rings. The molecule has 0 spiro atoms. The number of unbranched alkanes of at least 4 members (excludes halogenated alkanes) is 3. The van der Waals surface area contributed by atoms with Crippen molar-refractivity contribution in [1.29, 1.82) is 0 Å². The number of ether oxygens (including phenoxy) is 2. The van der Waals surface area contributed by atoms with Gasteiger partial charge in [-0.1, -0.05) is 44.0 Å². The highest BCUT2D eigenvalue weighted by molar-refractivity contribution is 7.90. The number of pyridine rings is 1. The van der Waals surface area contributed by atoms with Crippen molar-refractivity contribution in [2.24, 2.45) is 0 Å². The van der Waals surface area contributed by atoms with E-state index in [9.17, 15) is 18.5 Å². The van der Waals surface area contributed by atoms with Crippen molar-refractivity contribution in [2.45, 2.75) is 58.5 Å². The zero-order valence-electron chi connectivity index (χ0n) is 25.0. The lowest BCUT2D eigenvalue weighted by Crippen LogP contribution is -2.25. The van der Waals surface area contributed by atoms with Crippen molar-refractivity contribution < 1.29 is 22.8 Å². The lowest BCUT2D eigenvalue weighted by Gasteiger charge is -2.26. The number of nitrogens with zero attached hydrogens (tertiary/aromatic N) is 3. The van der Waals surface area contributed by atoms with Crippen molar-refractivity contribution in [3.05, 3.63) is 81.5 Å². The number of sulfone groups is 1. The van der Waals surface area contributed by atoms with Gasteiger partial charge in [-0.25, -0.2) is 13.4 Å². The van der Waals surface area contributed by atoms with Crippen LogP contribution < -0.4 is 19.7 Å². The Bertz CT molecular complexity index is 1350. The van der Waals surface area contributed by atoms with E-state index in [1.807, 2.05) is 53.4 Å². The molecule has 3 aromatic rings. The highest BCUT2D eigenvalue weighted by Crippen LogP contribution is 2.37. The van der Waals surface area contributed by atoms with E-state index in [0.29, 0.717) is 50.4 Å². The van der Waals surface area contributed by atoms with Gasteiger partial charge in [-0.3, -0.25) is 10.1 Å². The Morgan fingerprint density at radius 1 is 0.905 bits per heavy atom. The van der Waals surface area contributed by atoms with E-state index in [2.05, 4.69) is 12.2 Å². The van der Waals surface area contributed by atoms with Crippen LogP contribution in [0.15, 0.2) is 54.6 Å². The monoisotopic (exact) mass is 598 g/mol. The highest BCUT2D eigenvalue weighted by Gasteiger charge is 2.28. The van der Waals surface area contributed by atoms with Crippen LogP contribution >= 0.6 is 0 Å². The second-order valence-electron chi connectivity index (χ2n) is 10.4. The molecule has 42 heavy (non-hydrogen) atoms. The van der Waals surface area contributed by atoms with E-state index in [1.54, 1.807) is 20.3 Å². The molecule has 0 saturated carbocycles. The van der Waals surface area contributed by atoms with Gasteiger partial charge in [0, 0.05) is 37.3 Å². The first kappa shape index (κ1) is 32.7. The molecule has 0 aliphatic rings. The van der Waals surface area contributed by atoms with Crippen molar-refractivity contribution in [3.63, 3.8) is 0 Å². The third-order valence-electron chi connectivity index (χ3n) is 6.87. The normalized spacial score (nSPS) is 11.2. The molecule has 0 saturated heterocycles. The van der Waals surface area contributed by atoms with Crippen LogP contribution in [0.3, 0.4) is 0 Å². The summed E-state index contributed by atoms with van der Waals surface area (Å²) in [5.41, 5.74) is 2.97. The van der Waals surface area contributed by atoms with Gasteiger partial charge in [0.15, 0.2) is 0 Å². The summed E-state index contributed by atoms with van der Waals surface area (Å²) in [7, 11) is 0.153. The first-order valence-electron chi connectivity index (χ1n) is 14.2. The molecule has 0 unspecified atom stereocenters. The van der Waals surface area contributed by atoms with Gasteiger partial charge in [0.1, 0.15) is 27.0 Å². The van der Waals surface area contributed by atoms with Crippen molar-refractivity contribution in [2.75, 3.05) is 43.0 Å². The van der Waals surface area contributed by atoms with Crippen LogP contribution in [0.25, 0.3) is 0 Å². The molecule has 10 nitrogen and oxygen atoms in total. The molecule has 3 rings (SSSR count). The first-order chi connectivity index (χ1) is 20.1. The number of methoxy groups -OCH3 is 2. The molecule has 228 valence electrons. The van der Waals surface area contributed by atoms with Crippen molar-refractivity contribution in [3.8, 4) is 11.5 Å². The smallest absolute Gasteiger partial charge is 0.334 e. The third-order valence-corrected chi connectivity index (χ3v) is 7.90. The molecule has 0 atom stereocenters. The summed E-state index contributed by atoms with van der Waals surface area (Å²) in [5.74, 6) is 1.83. The van der Waals surface area contributed by atoms with Crippen LogP contribution in [0.1, 0.15) is 55.8 Å². The Hall–Kier alpha value is -3.86. The number of aromatic nitrogens is 1. The molecule has 0 radical (unpaired) electrons. The van der Waals surface area contributed by atoms with Crippen LogP contribution in [-0.4, -0.2) is 51.1 Å². The van der Waals surface area contributed by atoms with Gasteiger partial charge >= 0.3 is 5.69 Å². The van der Waals surface area contributed by atoms with Crippen LogP contribution in [0, 0.1) is 10.1 Å². The van der Waals surface area contributed by atoms with E-state index in [-0.39, 0.29) is 16.4 Å². The van der Waals surface area contributed by atoms with Gasteiger partial charge in [0.2, 0.25) is 5.82 Å². The molecular weight excluding hydrogens is 556 g/mol. The summed E-state index contributed by atoms with van der Waals surface area (Å²) in [4.78, 5) is 19.0. The van der Waals surface area contributed by atoms with E-state index < -0.39 is 9.84 Å². The minimum absolute atomic E-state index is 0.0815. The number of aryl methyl sites for hydroxylation is 1. The number of nitrogens with one attached hydrogen (secondary N) is 1. The van der Waals surface area contributed by atoms with E-state index in [0.717, 1.165) is 47.6 Å². The maximum Gasteiger partial charge on any atom is 0.334 e. The number of hydrogen-bond acceptors (Lipinski definition) is 9. The van der Waals surface area contributed by atoms with E-state index in [1.165, 1.54) is 6.26 Å². The number of nitro groups is 1. The lowest BCUT2D eigenvalue weighted by atomic mass is 10.1. The fourth-order valence-electron chi connectivity index (χ4n) is 4.62. The summed E-state index contributed by atoms with van der Waals surface area (Å²) >= 11 is 0. The van der Waals surface area contributed by atoms with Crippen LogP contribution in [0.4, 0.5) is 17.2 Å². The van der Waals surface area contributed by atoms with Crippen molar-refractivity contribution in [1.82, 2.24) is 4.98 Å². The molecular formula is C31H42N4O6S. The molecule has 0 amide bonds. The Balaban J connectivity index is 2.04. The predicted octanol–water partition coefficient (Wildman–Crippen LogP) is 6.18. The average Bonchev–Trinajstić information content (AvgIpc) is 2.96. The third kappa shape index (κ3) is 10.2. The maximum atomic E-state index is 12.6. The number of anilines is 2. The Morgan fingerprint density at radius 3 is 1.95 bits per heavy atom. The quantitative estimate of drug-likeness (QED) is 0.104. The zero-order valence-corrected chi connectivity index (χ0v) is 25.8. The summed E-state index contributed by atoms with van der Waals surface area (Å²) < 4.78 is 33.7. The van der Waals surface area contributed by atoms with E-state index in [4.69, 9.17) is 14.5 Å². The molecule has 0 aliphatic heterocycles. The summed E-state index contributed by atoms with van der Waals surface area (Å²) in [6.45, 7) is 3.31. The van der Waals surface area contributed by atoms with Gasteiger partial charge < -0.3 is 19.7 Å². The fraction of sp³-hybridized carbons (Fsp3) is 0.452. The highest BCUT2D eigenvalue weighted by atomic mass is 32.2. The molecule has 1 N–H and O–H groups in total. The summed E-state index contributed by atoms with van der Waals surface area (Å²) in [5, 5.41) is 15.8. The number of rotatable bonds is 18. The second kappa shape index (κ2) is 16.0. The van der Waals surface area contributed by atoms with Crippen LogP contribution in [0.5, 0.6) is 11.5 Å². The molecule has 0 bridgehead atoms. The largest absolute Gasteiger partial charge is 0.497 e. The maximum absolute atomic E-state index is 12.6. The zero-order chi connectivity index (χ0) is 30.5. The van der Waals surface area contributed by atoms with E-state index >= 15 is 0 Å². The Labute approximate surface area is 249 Å². The summed E-state index contributed by atoms with van der Waals surface area (Å²) in [6.07, 6.45) is 5.95. The minimum Gasteiger partial charge on any atom is -0.497 e. The minimum atomic E-state index is -3.07. The van der Waals surface area contributed by atoms with Gasteiger partial charge in [-0.15, -0.1) is 0 Å². The average molecular weight is 599 g/mol. The first-order valence-corrected chi connectivity index (χ1v) is 16.3. The molecule has 2 aromatic carbocycles. The second-order valence-corrected chi connectivity index (χ2v) is 12.6. The van der Waals surface area contributed by atoms with Gasteiger partial charge in [0.25, 0.3) is 0 Å². The summed E-state index contributed by atoms with van der Waals surface area (Å²) in [6, 6.07) is 17.0. The Kier molecular flexibility index (Phi) is 12.4. The fourth-order valence-corrected chi connectivity index (χ4v) is 5.35. The van der Waals surface area contributed by atoms with Crippen molar-refractivity contribution >= 4 is 27.0 Å². The molecule has 0 aliphatic carbocycles. The Morgan fingerprint density at radius 2 is 1.48 bits per heavy atom. The van der Waals surface area contributed by atoms with Gasteiger partial charge in [-0.05, 0) is 67.1 Å². The molecule has 1 heterocycles. The van der Waals surface area contributed by atoms with Crippen LogP contribution in [-0.2, 0) is 29.3 Å². The van der Waals surface area contributed by atoms with Gasteiger partial charge in [-0.2, -0.15) is 0 Å². The lowest BCUT2D eigenvalue weighted by molar-refractivity contribution is -0.383. The number of hydrogen-bond donors (Lipinski definition) is 1. The number of benzene rings is 2. The topological polar surface area (TPSA) is 124 Å². The SMILES string of the molecule is CCCCCc1cc(NCCCCS(C)(=O)=O)c([N+](=O)[O-])c(N(Cc2ccc(OC)cc2)Cc2ccc(OC)cc2)n1. The molecule has 11 heteroatoms. The van der Waals surface area contributed by atoms with Crippen LogP contribution in [0.2, 0.25) is 0 Å². The van der Waals surface area contributed by atoms with Gasteiger partial charge in [0.05, 0.1) is 19.1 Å². The predicted molar refractivity (Wildman–Crippen MR) is 167 cm³/mol.